The van der Waals surface area contributed by atoms with Crippen molar-refractivity contribution in [3.8, 4) is 0 Å². The molecule has 2 fully saturated rings. The summed E-state index contributed by atoms with van der Waals surface area (Å²) in [6.45, 7) is 7.07. The SMILES string of the molecule is CC(O)C(=O)N1CCC(N2CCC(c3ccc(Cl)c(NC(C)c4ccc(Cl)cc4Cl)c3)CC2)C1. The number of amides is 1. The molecule has 0 radical (unpaired) electrons. The Bertz CT molecular complexity index is 1020. The maximum atomic E-state index is 12.1. The van der Waals surface area contributed by atoms with E-state index in [2.05, 4.69) is 29.3 Å². The van der Waals surface area contributed by atoms with Gasteiger partial charge in [-0.1, -0.05) is 46.9 Å². The van der Waals surface area contributed by atoms with Gasteiger partial charge in [0.2, 0.25) is 0 Å². The number of aliphatic hydroxyl groups is 1. The van der Waals surface area contributed by atoms with Gasteiger partial charge in [0.05, 0.1) is 16.8 Å². The van der Waals surface area contributed by atoms with E-state index in [9.17, 15) is 9.90 Å². The summed E-state index contributed by atoms with van der Waals surface area (Å²) in [7, 11) is 0. The van der Waals surface area contributed by atoms with Crippen LogP contribution in [0.15, 0.2) is 36.4 Å². The van der Waals surface area contributed by atoms with Crippen molar-refractivity contribution in [2.45, 2.75) is 57.2 Å². The number of hydrogen-bond donors (Lipinski definition) is 2. The van der Waals surface area contributed by atoms with Crippen LogP contribution >= 0.6 is 34.8 Å². The van der Waals surface area contributed by atoms with Crippen molar-refractivity contribution in [1.82, 2.24) is 9.80 Å². The van der Waals surface area contributed by atoms with Crippen LogP contribution in [0.5, 0.6) is 0 Å². The van der Waals surface area contributed by atoms with Crippen molar-refractivity contribution < 1.29 is 9.90 Å². The lowest BCUT2D eigenvalue weighted by molar-refractivity contribution is -0.138. The normalized spacial score (nSPS) is 21.5. The van der Waals surface area contributed by atoms with E-state index in [4.69, 9.17) is 34.8 Å². The average Bonchev–Trinajstić information content (AvgIpc) is 3.30. The van der Waals surface area contributed by atoms with Gasteiger partial charge >= 0.3 is 0 Å². The number of nitrogens with one attached hydrogen (secondary N) is 1. The molecular weight excluding hydrogens is 493 g/mol. The molecule has 0 aliphatic carbocycles. The zero-order valence-electron chi connectivity index (χ0n) is 19.6. The summed E-state index contributed by atoms with van der Waals surface area (Å²) < 4.78 is 0. The fourth-order valence-electron chi connectivity index (χ4n) is 5.17. The van der Waals surface area contributed by atoms with Crippen LogP contribution in [-0.2, 0) is 4.79 Å². The van der Waals surface area contributed by atoms with E-state index in [1.54, 1.807) is 17.9 Å². The van der Waals surface area contributed by atoms with E-state index < -0.39 is 6.10 Å². The quantitative estimate of drug-likeness (QED) is 0.488. The average molecular weight is 525 g/mol. The first kappa shape index (κ1) is 25.6. The molecule has 2 aromatic rings. The molecule has 8 heteroatoms. The molecule has 3 atom stereocenters. The van der Waals surface area contributed by atoms with Gasteiger partial charge in [-0.3, -0.25) is 9.69 Å². The van der Waals surface area contributed by atoms with E-state index >= 15 is 0 Å². The summed E-state index contributed by atoms with van der Waals surface area (Å²) in [4.78, 5) is 16.4. The standard InChI is InChI=1S/C26H32Cl3N3O2/c1-16(22-5-4-20(27)14-24(22)29)30-25-13-19(3-6-23(25)28)18-7-10-31(11-8-18)21-9-12-32(15-21)26(34)17(2)33/h3-6,13-14,16-18,21,30,33H,7-12,15H2,1-2H3. The summed E-state index contributed by atoms with van der Waals surface area (Å²) in [5.41, 5.74) is 3.17. The lowest BCUT2D eigenvalue weighted by Crippen LogP contribution is -2.44. The number of likely N-dealkylation sites (tertiary alicyclic amines) is 2. The third kappa shape index (κ3) is 5.83. The van der Waals surface area contributed by atoms with Crippen molar-refractivity contribution in [2.75, 3.05) is 31.5 Å². The number of carbonyl (C=O) groups excluding carboxylic acids is 1. The van der Waals surface area contributed by atoms with Gasteiger partial charge in [0.1, 0.15) is 6.10 Å². The molecule has 2 heterocycles. The molecule has 2 aromatic carbocycles. The Labute approximate surface area is 217 Å². The molecule has 184 valence electrons. The van der Waals surface area contributed by atoms with Gasteiger partial charge in [-0.2, -0.15) is 0 Å². The van der Waals surface area contributed by atoms with Crippen molar-refractivity contribution in [3.63, 3.8) is 0 Å². The molecule has 4 rings (SSSR count). The van der Waals surface area contributed by atoms with Crippen LogP contribution in [0.3, 0.4) is 0 Å². The third-order valence-corrected chi connectivity index (χ3v) is 8.03. The number of piperidine rings is 1. The second-order valence-electron chi connectivity index (χ2n) is 9.48. The highest BCUT2D eigenvalue weighted by molar-refractivity contribution is 6.35. The third-order valence-electron chi connectivity index (χ3n) is 7.14. The number of benzene rings is 2. The summed E-state index contributed by atoms with van der Waals surface area (Å²) in [5, 5.41) is 15.0. The molecular formula is C26H32Cl3N3O2. The van der Waals surface area contributed by atoms with Crippen LogP contribution in [0.2, 0.25) is 15.1 Å². The predicted octanol–water partition coefficient (Wildman–Crippen LogP) is 5.98. The Morgan fingerprint density at radius 3 is 2.41 bits per heavy atom. The summed E-state index contributed by atoms with van der Waals surface area (Å²) >= 11 is 19.0. The second-order valence-corrected chi connectivity index (χ2v) is 10.7. The largest absolute Gasteiger partial charge is 0.384 e. The van der Waals surface area contributed by atoms with E-state index in [0.717, 1.165) is 50.1 Å². The minimum Gasteiger partial charge on any atom is -0.384 e. The molecule has 5 nitrogen and oxygen atoms in total. The number of nitrogens with zero attached hydrogens (tertiary/aromatic N) is 2. The maximum Gasteiger partial charge on any atom is 0.251 e. The van der Waals surface area contributed by atoms with Gasteiger partial charge in [-0.15, -0.1) is 0 Å². The minimum absolute atomic E-state index is 0.0194. The molecule has 0 aromatic heterocycles. The highest BCUT2D eigenvalue weighted by Crippen LogP contribution is 2.36. The van der Waals surface area contributed by atoms with Gasteiger partial charge in [-0.05, 0) is 87.5 Å². The maximum absolute atomic E-state index is 12.1. The number of anilines is 1. The molecule has 3 unspecified atom stereocenters. The molecule has 1 amide bonds. The number of rotatable bonds is 6. The first-order valence-corrected chi connectivity index (χ1v) is 13.1. The van der Waals surface area contributed by atoms with Gasteiger partial charge in [-0.25, -0.2) is 0 Å². The lowest BCUT2D eigenvalue weighted by atomic mass is 9.88. The van der Waals surface area contributed by atoms with Crippen molar-refractivity contribution >= 4 is 46.4 Å². The van der Waals surface area contributed by atoms with E-state index in [1.807, 2.05) is 18.2 Å². The molecule has 34 heavy (non-hydrogen) atoms. The van der Waals surface area contributed by atoms with Crippen LogP contribution in [0.1, 0.15) is 56.2 Å². The Kier molecular flexibility index (Phi) is 8.32. The highest BCUT2D eigenvalue weighted by Gasteiger charge is 2.33. The summed E-state index contributed by atoms with van der Waals surface area (Å²) in [6, 6.07) is 12.2. The Hall–Kier alpha value is -1.50. The zero-order chi connectivity index (χ0) is 24.4. The predicted molar refractivity (Wildman–Crippen MR) is 140 cm³/mol. The molecule has 2 saturated heterocycles. The fraction of sp³-hybridized carbons (Fsp3) is 0.500. The first-order chi connectivity index (χ1) is 16.2. The first-order valence-electron chi connectivity index (χ1n) is 11.9. The summed E-state index contributed by atoms with van der Waals surface area (Å²) in [5.74, 6) is 0.313. The molecule has 0 saturated carbocycles. The lowest BCUT2D eigenvalue weighted by Gasteiger charge is -2.36. The van der Waals surface area contributed by atoms with Crippen molar-refractivity contribution in [1.29, 1.82) is 0 Å². The zero-order valence-corrected chi connectivity index (χ0v) is 21.9. The smallest absolute Gasteiger partial charge is 0.251 e. The van der Waals surface area contributed by atoms with Gasteiger partial charge in [0, 0.05) is 29.2 Å². The monoisotopic (exact) mass is 523 g/mol. The highest BCUT2D eigenvalue weighted by atomic mass is 35.5. The van der Waals surface area contributed by atoms with Crippen LogP contribution in [-0.4, -0.2) is 59.1 Å². The molecule has 0 spiro atoms. The van der Waals surface area contributed by atoms with Crippen LogP contribution in [0, 0.1) is 0 Å². The van der Waals surface area contributed by atoms with Crippen molar-refractivity contribution in [3.05, 3.63) is 62.6 Å². The molecule has 2 aliphatic heterocycles. The number of hydrogen-bond acceptors (Lipinski definition) is 4. The number of halogens is 3. The van der Waals surface area contributed by atoms with Crippen molar-refractivity contribution in [2.24, 2.45) is 0 Å². The van der Waals surface area contributed by atoms with E-state index in [1.165, 1.54) is 5.56 Å². The number of carbonyl (C=O) groups is 1. The number of aliphatic hydroxyl groups excluding tert-OH is 1. The van der Waals surface area contributed by atoms with Gasteiger partial charge in [0.25, 0.3) is 5.91 Å². The molecule has 2 N–H and O–H groups in total. The second kappa shape index (κ2) is 11.0. The fourth-order valence-corrected chi connectivity index (χ4v) is 5.92. The van der Waals surface area contributed by atoms with Gasteiger partial charge < -0.3 is 15.3 Å². The van der Waals surface area contributed by atoms with E-state index in [0.29, 0.717) is 33.6 Å². The van der Waals surface area contributed by atoms with Gasteiger partial charge in [0.15, 0.2) is 0 Å². The van der Waals surface area contributed by atoms with Crippen LogP contribution in [0.25, 0.3) is 0 Å². The topological polar surface area (TPSA) is 55.8 Å². The van der Waals surface area contributed by atoms with Crippen LogP contribution in [0.4, 0.5) is 5.69 Å². The summed E-state index contributed by atoms with van der Waals surface area (Å²) in [6.07, 6.45) is 2.19. The van der Waals surface area contributed by atoms with E-state index in [-0.39, 0.29) is 11.9 Å². The Morgan fingerprint density at radius 1 is 1.00 bits per heavy atom. The van der Waals surface area contributed by atoms with Crippen LogP contribution < -0.4 is 5.32 Å². The Morgan fingerprint density at radius 2 is 1.74 bits per heavy atom. The Balaban J connectivity index is 1.37. The minimum atomic E-state index is -0.921. The molecule has 2 aliphatic rings. The molecule has 0 bridgehead atoms.